The van der Waals surface area contributed by atoms with Crippen LogP contribution < -0.4 is 11.1 Å². The summed E-state index contributed by atoms with van der Waals surface area (Å²) in [6, 6.07) is 18.4. The van der Waals surface area contributed by atoms with Crippen LogP contribution in [0.2, 0.25) is 0 Å². The van der Waals surface area contributed by atoms with Crippen LogP contribution in [0.25, 0.3) is 0 Å². The van der Waals surface area contributed by atoms with E-state index in [4.69, 9.17) is 5.73 Å². The van der Waals surface area contributed by atoms with Crippen molar-refractivity contribution in [2.45, 2.75) is 51.4 Å². The molecule has 3 unspecified atom stereocenters. The predicted molar refractivity (Wildman–Crippen MR) is 120 cm³/mol. The summed E-state index contributed by atoms with van der Waals surface area (Å²) in [6.07, 6.45) is 1.92. The van der Waals surface area contributed by atoms with Crippen LogP contribution in [-0.4, -0.2) is 29.4 Å². The molecule has 154 valence electrons. The number of nitrogens with one attached hydrogen (secondary N) is 1. The van der Waals surface area contributed by atoms with E-state index in [9.17, 15) is 4.79 Å². The van der Waals surface area contributed by atoms with Crippen LogP contribution in [0.5, 0.6) is 0 Å². The fourth-order valence-electron chi connectivity index (χ4n) is 3.62. The van der Waals surface area contributed by atoms with Crippen LogP contribution in [0.15, 0.2) is 54.6 Å². The molecular formula is C22H31Cl2N3O. The summed E-state index contributed by atoms with van der Waals surface area (Å²) < 4.78 is 0. The number of benzene rings is 2. The average Bonchev–Trinajstić information content (AvgIpc) is 2.65. The Labute approximate surface area is 180 Å². The Morgan fingerprint density at radius 1 is 1.14 bits per heavy atom. The van der Waals surface area contributed by atoms with Gasteiger partial charge in [-0.05, 0) is 37.8 Å². The lowest BCUT2D eigenvalue weighted by Gasteiger charge is -2.38. The second kappa shape index (κ2) is 11.4. The van der Waals surface area contributed by atoms with E-state index in [1.165, 1.54) is 11.1 Å². The van der Waals surface area contributed by atoms with Crippen LogP contribution in [-0.2, 0) is 11.3 Å². The Hall–Kier alpha value is -1.59. The first-order chi connectivity index (χ1) is 12.5. The third-order valence-electron chi connectivity index (χ3n) is 5.31. The third kappa shape index (κ3) is 6.49. The number of carbonyl (C=O) groups excluding carboxylic acids is 1. The van der Waals surface area contributed by atoms with Gasteiger partial charge in [-0.2, -0.15) is 0 Å². The summed E-state index contributed by atoms with van der Waals surface area (Å²) >= 11 is 0. The Morgan fingerprint density at radius 3 is 2.39 bits per heavy atom. The van der Waals surface area contributed by atoms with Gasteiger partial charge >= 0.3 is 0 Å². The van der Waals surface area contributed by atoms with Crippen molar-refractivity contribution in [3.8, 4) is 0 Å². The third-order valence-corrected chi connectivity index (χ3v) is 5.31. The van der Waals surface area contributed by atoms with Crippen molar-refractivity contribution in [3.05, 3.63) is 71.3 Å². The number of carbonyl (C=O) groups is 1. The number of hydrogen-bond acceptors (Lipinski definition) is 3. The molecule has 0 saturated carbocycles. The minimum absolute atomic E-state index is 0. The molecule has 1 amide bonds. The smallest absolute Gasteiger partial charge is 0.241 e. The van der Waals surface area contributed by atoms with Gasteiger partial charge in [-0.3, -0.25) is 9.69 Å². The molecule has 1 saturated heterocycles. The number of hydrogen-bond donors (Lipinski definition) is 2. The van der Waals surface area contributed by atoms with Crippen molar-refractivity contribution in [2.75, 3.05) is 6.54 Å². The lowest BCUT2D eigenvalue weighted by molar-refractivity contribution is -0.123. The molecule has 2 aromatic rings. The van der Waals surface area contributed by atoms with E-state index < -0.39 is 6.04 Å². The second-order valence-corrected chi connectivity index (χ2v) is 7.42. The van der Waals surface area contributed by atoms with E-state index in [0.717, 1.165) is 31.5 Å². The van der Waals surface area contributed by atoms with Crippen molar-refractivity contribution < 1.29 is 4.79 Å². The molecule has 0 aromatic heterocycles. The summed E-state index contributed by atoms with van der Waals surface area (Å²) in [5.41, 5.74) is 9.51. The highest BCUT2D eigenvalue weighted by atomic mass is 35.5. The summed E-state index contributed by atoms with van der Waals surface area (Å²) in [6.45, 7) is 6.22. The monoisotopic (exact) mass is 423 g/mol. The van der Waals surface area contributed by atoms with Gasteiger partial charge in [0.1, 0.15) is 6.04 Å². The zero-order valence-electron chi connectivity index (χ0n) is 16.5. The number of nitrogens with zero attached hydrogens (tertiary/aromatic N) is 1. The van der Waals surface area contributed by atoms with Crippen LogP contribution in [0.3, 0.4) is 0 Å². The summed E-state index contributed by atoms with van der Waals surface area (Å²) in [5, 5.41) is 3.16. The van der Waals surface area contributed by atoms with E-state index in [1.807, 2.05) is 37.3 Å². The molecule has 6 heteroatoms. The highest BCUT2D eigenvalue weighted by molar-refractivity contribution is 5.85. The van der Waals surface area contributed by atoms with Crippen molar-refractivity contribution >= 4 is 30.7 Å². The fraction of sp³-hybridized carbons (Fsp3) is 0.409. The number of likely N-dealkylation sites (tertiary alicyclic amines) is 1. The first-order valence-corrected chi connectivity index (χ1v) is 9.43. The molecule has 0 bridgehead atoms. The van der Waals surface area contributed by atoms with Gasteiger partial charge in [-0.15, -0.1) is 24.8 Å². The zero-order valence-corrected chi connectivity index (χ0v) is 18.1. The van der Waals surface area contributed by atoms with Crippen molar-refractivity contribution in [1.82, 2.24) is 10.2 Å². The second-order valence-electron chi connectivity index (χ2n) is 7.42. The summed E-state index contributed by atoms with van der Waals surface area (Å²) in [5.74, 6) is -0.0810. The molecule has 0 spiro atoms. The number of nitrogens with two attached hydrogens (primary N) is 1. The Kier molecular flexibility index (Phi) is 9.97. The number of halogens is 2. The zero-order chi connectivity index (χ0) is 18.5. The number of rotatable bonds is 5. The molecular weight excluding hydrogens is 393 g/mol. The highest BCUT2D eigenvalue weighted by Gasteiger charge is 2.28. The first kappa shape index (κ1) is 24.4. The molecule has 0 radical (unpaired) electrons. The van der Waals surface area contributed by atoms with E-state index in [2.05, 4.69) is 41.4 Å². The average molecular weight is 424 g/mol. The SMILES string of the molecule is Cc1ccc(C(N)C(=O)NC2CCN(Cc3ccccc3)C(C)C2)cc1.Cl.Cl. The molecule has 2 aromatic carbocycles. The summed E-state index contributed by atoms with van der Waals surface area (Å²) in [4.78, 5) is 15.0. The van der Waals surface area contributed by atoms with E-state index >= 15 is 0 Å². The van der Waals surface area contributed by atoms with Gasteiger partial charge in [0.05, 0.1) is 0 Å². The van der Waals surface area contributed by atoms with Gasteiger partial charge in [0.15, 0.2) is 0 Å². The number of aryl methyl sites for hydroxylation is 1. The fourth-order valence-corrected chi connectivity index (χ4v) is 3.62. The first-order valence-electron chi connectivity index (χ1n) is 9.43. The molecule has 1 fully saturated rings. The molecule has 0 aliphatic carbocycles. The Bertz CT molecular complexity index is 724. The maximum absolute atomic E-state index is 12.5. The minimum atomic E-state index is -0.603. The van der Waals surface area contributed by atoms with Gasteiger partial charge in [-0.25, -0.2) is 0 Å². The van der Waals surface area contributed by atoms with Gasteiger partial charge in [0.2, 0.25) is 5.91 Å². The van der Waals surface area contributed by atoms with Gasteiger partial charge in [0, 0.05) is 25.2 Å². The highest BCUT2D eigenvalue weighted by Crippen LogP contribution is 2.21. The Balaban J connectivity index is 0.00000196. The minimum Gasteiger partial charge on any atom is -0.352 e. The number of piperidine rings is 1. The van der Waals surface area contributed by atoms with Crippen LogP contribution >= 0.6 is 24.8 Å². The van der Waals surface area contributed by atoms with Crippen LogP contribution in [0.4, 0.5) is 0 Å². The molecule has 3 atom stereocenters. The molecule has 3 rings (SSSR count). The van der Waals surface area contributed by atoms with Crippen LogP contribution in [0.1, 0.15) is 42.5 Å². The van der Waals surface area contributed by atoms with Gasteiger partial charge in [0.25, 0.3) is 0 Å². The maximum atomic E-state index is 12.5. The van der Waals surface area contributed by atoms with E-state index in [0.29, 0.717) is 6.04 Å². The van der Waals surface area contributed by atoms with Crippen molar-refractivity contribution in [2.24, 2.45) is 5.73 Å². The largest absolute Gasteiger partial charge is 0.352 e. The topological polar surface area (TPSA) is 58.4 Å². The Morgan fingerprint density at radius 2 is 1.79 bits per heavy atom. The summed E-state index contributed by atoms with van der Waals surface area (Å²) in [7, 11) is 0. The molecule has 3 N–H and O–H groups in total. The molecule has 28 heavy (non-hydrogen) atoms. The quantitative estimate of drug-likeness (QED) is 0.763. The normalized spacial score (nSPS) is 20.4. The number of amides is 1. The van der Waals surface area contributed by atoms with Crippen LogP contribution in [0, 0.1) is 6.92 Å². The molecule has 1 heterocycles. The molecule has 1 aliphatic rings. The predicted octanol–water partition coefficient (Wildman–Crippen LogP) is 4.01. The standard InChI is InChI=1S/C22H29N3O.2ClH/c1-16-8-10-19(11-9-16)21(23)22(26)24-20-12-13-25(17(2)14-20)15-18-6-4-3-5-7-18;;/h3-11,17,20-21H,12-15,23H2,1-2H3,(H,24,26);2*1H. The molecule has 4 nitrogen and oxygen atoms in total. The van der Waals surface area contributed by atoms with Crippen molar-refractivity contribution in [3.63, 3.8) is 0 Å². The van der Waals surface area contributed by atoms with Gasteiger partial charge in [-0.1, -0.05) is 60.2 Å². The maximum Gasteiger partial charge on any atom is 0.241 e. The van der Waals surface area contributed by atoms with E-state index in [1.54, 1.807) is 0 Å². The van der Waals surface area contributed by atoms with Gasteiger partial charge < -0.3 is 11.1 Å². The van der Waals surface area contributed by atoms with Crippen molar-refractivity contribution in [1.29, 1.82) is 0 Å². The molecule has 1 aliphatic heterocycles. The lowest BCUT2D eigenvalue weighted by atomic mass is 9.96. The van der Waals surface area contributed by atoms with E-state index in [-0.39, 0.29) is 36.8 Å². The lowest BCUT2D eigenvalue weighted by Crippen LogP contribution is -2.50.